The van der Waals surface area contributed by atoms with Crippen LogP contribution in [0.25, 0.3) is 10.9 Å². The number of hydrogen-bond acceptors (Lipinski definition) is 2. The maximum absolute atomic E-state index is 4.63. The summed E-state index contributed by atoms with van der Waals surface area (Å²) in [7, 11) is 0. The van der Waals surface area contributed by atoms with Crippen LogP contribution in [0.3, 0.4) is 0 Å². The highest BCUT2D eigenvalue weighted by Crippen LogP contribution is 2.20. The van der Waals surface area contributed by atoms with Crippen LogP contribution in [0.15, 0.2) is 24.5 Å². The van der Waals surface area contributed by atoms with Crippen LogP contribution in [0.2, 0.25) is 0 Å². The molecular weight excluding hydrogens is 172 g/mol. The molecule has 0 aromatic carbocycles. The van der Waals surface area contributed by atoms with Gasteiger partial charge in [-0.05, 0) is 30.5 Å². The summed E-state index contributed by atoms with van der Waals surface area (Å²) >= 11 is 0. The van der Waals surface area contributed by atoms with E-state index in [-0.39, 0.29) is 0 Å². The van der Waals surface area contributed by atoms with E-state index in [1.807, 2.05) is 12.3 Å². The molecule has 0 bridgehead atoms. The predicted octanol–water partition coefficient (Wildman–Crippen LogP) is 3.06. The molecule has 2 rings (SSSR count). The third-order valence-corrected chi connectivity index (χ3v) is 2.39. The molecule has 0 saturated carbocycles. The summed E-state index contributed by atoms with van der Waals surface area (Å²) in [5.41, 5.74) is 3.47. The Morgan fingerprint density at radius 1 is 1.29 bits per heavy atom. The van der Waals surface area contributed by atoms with Gasteiger partial charge in [-0.15, -0.1) is 0 Å². The molecule has 2 heterocycles. The highest BCUT2D eigenvalue weighted by atomic mass is 14.7. The minimum atomic E-state index is 0.479. The van der Waals surface area contributed by atoms with Gasteiger partial charge in [-0.25, -0.2) is 0 Å². The third kappa shape index (κ3) is 1.48. The van der Waals surface area contributed by atoms with E-state index in [1.54, 1.807) is 6.20 Å². The Labute approximate surface area is 84.0 Å². The lowest BCUT2D eigenvalue weighted by molar-refractivity contribution is 0.819. The zero-order valence-corrected chi connectivity index (χ0v) is 8.78. The van der Waals surface area contributed by atoms with Crippen LogP contribution < -0.4 is 0 Å². The number of aromatic nitrogens is 2. The molecule has 0 unspecified atom stereocenters. The second kappa shape index (κ2) is 3.37. The highest BCUT2D eigenvalue weighted by Gasteiger charge is 2.06. The molecule has 0 aliphatic heterocycles. The van der Waals surface area contributed by atoms with Crippen LogP contribution in [0.1, 0.15) is 31.0 Å². The zero-order valence-electron chi connectivity index (χ0n) is 8.78. The van der Waals surface area contributed by atoms with E-state index in [1.165, 1.54) is 11.3 Å². The topological polar surface area (TPSA) is 25.8 Å². The quantitative estimate of drug-likeness (QED) is 0.684. The second-order valence-corrected chi connectivity index (χ2v) is 3.91. The Kier molecular flexibility index (Phi) is 2.20. The van der Waals surface area contributed by atoms with Crippen molar-refractivity contribution in [1.82, 2.24) is 9.97 Å². The molecule has 0 radical (unpaired) electrons. The van der Waals surface area contributed by atoms with Crippen LogP contribution in [0.5, 0.6) is 0 Å². The summed E-state index contributed by atoms with van der Waals surface area (Å²) in [6.07, 6.45) is 3.65. The molecule has 2 aromatic rings. The van der Waals surface area contributed by atoms with Gasteiger partial charge in [-0.2, -0.15) is 0 Å². The maximum atomic E-state index is 4.63. The lowest BCUT2D eigenvalue weighted by Crippen LogP contribution is -1.97. The maximum Gasteiger partial charge on any atom is 0.0736 e. The fourth-order valence-corrected chi connectivity index (χ4v) is 1.72. The molecule has 0 amide bonds. The molecule has 0 N–H and O–H groups in total. The Morgan fingerprint density at radius 2 is 2.07 bits per heavy atom. The van der Waals surface area contributed by atoms with Crippen molar-refractivity contribution in [1.29, 1.82) is 0 Å². The highest BCUT2D eigenvalue weighted by molar-refractivity contribution is 5.78. The Hall–Kier alpha value is -1.44. The van der Waals surface area contributed by atoms with Crippen molar-refractivity contribution in [3.63, 3.8) is 0 Å². The molecule has 0 saturated heterocycles. The molecule has 14 heavy (non-hydrogen) atoms. The standard InChI is InChI=1S/C12H14N2/c1-8(2)12-9(3)6-10-7-13-5-4-11(10)14-12/h4-8H,1-3H3. The second-order valence-electron chi connectivity index (χ2n) is 3.91. The predicted molar refractivity (Wildman–Crippen MR) is 58.4 cm³/mol. The van der Waals surface area contributed by atoms with Crippen LogP contribution in [0, 0.1) is 6.92 Å². The number of rotatable bonds is 1. The van der Waals surface area contributed by atoms with E-state index < -0.39 is 0 Å². The molecule has 2 aromatic heterocycles. The average Bonchev–Trinajstić information content (AvgIpc) is 2.16. The van der Waals surface area contributed by atoms with Crippen molar-refractivity contribution >= 4 is 10.9 Å². The number of hydrogen-bond donors (Lipinski definition) is 0. The fraction of sp³-hybridized carbons (Fsp3) is 0.333. The number of pyridine rings is 2. The lowest BCUT2D eigenvalue weighted by atomic mass is 10.0. The van der Waals surface area contributed by atoms with Gasteiger partial charge in [-0.1, -0.05) is 13.8 Å². The third-order valence-electron chi connectivity index (χ3n) is 2.39. The van der Waals surface area contributed by atoms with Gasteiger partial charge in [0.25, 0.3) is 0 Å². The van der Waals surface area contributed by atoms with Gasteiger partial charge in [-0.3, -0.25) is 9.97 Å². The minimum Gasteiger partial charge on any atom is -0.264 e. The zero-order chi connectivity index (χ0) is 10.1. The summed E-state index contributed by atoms with van der Waals surface area (Å²) < 4.78 is 0. The molecule has 72 valence electrons. The molecule has 0 aliphatic carbocycles. The minimum absolute atomic E-state index is 0.479. The van der Waals surface area contributed by atoms with E-state index in [4.69, 9.17) is 0 Å². The summed E-state index contributed by atoms with van der Waals surface area (Å²) in [5.74, 6) is 0.479. The largest absolute Gasteiger partial charge is 0.264 e. The molecule has 0 fully saturated rings. The average molecular weight is 186 g/mol. The monoisotopic (exact) mass is 186 g/mol. The SMILES string of the molecule is Cc1cc2cnccc2nc1C(C)C. The summed E-state index contributed by atoms with van der Waals surface area (Å²) in [4.78, 5) is 8.72. The van der Waals surface area contributed by atoms with Crippen molar-refractivity contribution in [3.8, 4) is 0 Å². The summed E-state index contributed by atoms with van der Waals surface area (Å²) in [6, 6.07) is 4.12. The van der Waals surface area contributed by atoms with E-state index in [0.29, 0.717) is 5.92 Å². The van der Waals surface area contributed by atoms with Crippen molar-refractivity contribution in [3.05, 3.63) is 35.8 Å². The first kappa shape index (κ1) is 9.13. The normalized spacial score (nSPS) is 11.1. The number of aryl methyl sites for hydroxylation is 1. The van der Waals surface area contributed by atoms with Crippen molar-refractivity contribution in [2.75, 3.05) is 0 Å². The van der Waals surface area contributed by atoms with Crippen LogP contribution >= 0.6 is 0 Å². The van der Waals surface area contributed by atoms with E-state index in [2.05, 4.69) is 36.8 Å². The molecular formula is C12H14N2. The van der Waals surface area contributed by atoms with Crippen LogP contribution in [-0.4, -0.2) is 9.97 Å². The van der Waals surface area contributed by atoms with Crippen LogP contribution in [0.4, 0.5) is 0 Å². The Bertz CT molecular complexity index is 461. The number of nitrogens with zero attached hydrogens (tertiary/aromatic N) is 2. The van der Waals surface area contributed by atoms with E-state index >= 15 is 0 Å². The van der Waals surface area contributed by atoms with Gasteiger partial charge in [0.15, 0.2) is 0 Å². The van der Waals surface area contributed by atoms with Gasteiger partial charge in [0, 0.05) is 23.5 Å². The van der Waals surface area contributed by atoms with Crippen molar-refractivity contribution in [2.24, 2.45) is 0 Å². The van der Waals surface area contributed by atoms with Gasteiger partial charge in [0.05, 0.1) is 5.52 Å². The Morgan fingerprint density at radius 3 is 2.79 bits per heavy atom. The van der Waals surface area contributed by atoms with Crippen LogP contribution in [-0.2, 0) is 0 Å². The lowest BCUT2D eigenvalue weighted by Gasteiger charge is -2.09. The van der Waals surface area contributed by atoms with Crippen molar-refractivity contribution in [2.45, 2.75) is 26.7 Å². The molecule has 0 atom stereocenters. The first-order valence-electron chi connectivity index (χ1n) is 4.90. The van der Waals surface area contributed by atoms with Gasteiger partial charge < -0.3 is 0 Å². The van der Waals surface area contributed by atoms with E-state index in [0.717, 1.165) is 10.9 Å². The first-order valence-corrected chi connectivity index (χ1v) is 4.90. The van der Waals surface area contributed by atoms with E-state index in [9.17, 15) is 0 Å². The smallest absolute Gasteiger partial charge is 0.0736 e. The first-order chi connectivity index (χ1) is 6.68. The molecule has 0 spiro atoms. The summed E-state index contributed by atoms with van der Waals surface area (Å²) in [5, 5.41) is 1.12. The molecule has 2 heteroatoms. The van der Waals surface area contributed by atoms with Gasteiger partial charge >= 0.3 is 0 Å². The van der Waals surface area contributed by atoms with Gasteiger partial charge in [0.2, 0.25) is 0 Å². The molecule has 2 nitrogen and oxygen atoms in total. The summed E-state index contributed by atoms with van der Waals surface area (Å²) in [6.45, 7) is 6.44. The fourth-order valence-electron chi connectivity index (χ4n) is 1.72. The molecule has 0 aliphatic rings. The Balaban J connectivity index is 2.71. The van der Waals surface area contributed by atoms with Gasteiger partial charge in [0.1, 0.15) is 0 Å². The number of fused-ring (bicyclic) bond motifs is 1. The van der Waals surface area contributed by atoms with Crippen molar-refractivity contribution < 1.29 is 0 Å².